The molecular weight excluding hydrogens is 360 g/mol. The van der Waals surface area contributed by atoms with Gasteiger partial charge in [0.2, 0.25) is 0 Å². The second kappa shape index (κ2) is 4.13. The normalized spacial score (nSPS) is 42.0. The van der Waals surface area contributed by atoms with Gasteiger partial charge in [0, 0.05) is 14.0 Å². The van der Waals surface area contributed by atoms with Gasteiger partial charge in [-0.15, -0.1) is 0 Å². The third kappa shape index (κ3) is 2.34. The minimum absolute atomic E-state index is 0.229. The van der Waals surface area contributed by atoms with Crippen LogP contribution in [0.1, 0.15) is 40.0 Å². The van der Waals surface area contributed by atoms with Crippen LogP contribution < -0.4 is 0 Å². The van der Waals surface area contributed by atoms with Gasteiger partial charge in [-0.05, 0) is 18.3 Å². The summed E-state index contributed by atoms with van der Waals surface area (Å²) in [5.41, 5.74) is 0.299. The van der Waals surface area contributed by atoms with E-state index in [1.165, 1.54) is 19.3 Å². The van der Waals surface area contributed by atoms with E-state index >= 15 is 0 Å². The lowest BCUT2D eigenvalue weighted by molar-refractivity contribution is 0.239. The third-order valence-electron chi connectivity index (χ3n) is 3.02. The Morgan fingerprint density at radius 3 is 2.15 bits per heavy atom. The van der Waals surface area contributed by atoms with E-state index in [0.29, 0.717) is 15.1 Å². The first kappa shape index (κ1) is 12.5. The second-order valence-corrected chi connectivity index (χ2v) is 8.50. The van der Waals surface area contributed by atoms with Crippen LogP contribution in [0.4, 0.5) is 0 Å². The van der Waals surface area contributed by atoms with E-state index < -0.39 is 0 Å². The van der Waals surface area contributed by atoms with Crippen molar-refractivity contribution in [2.75, 3.05) is 0 Å². The van der Waals surface area contributed by atoms with E-state index in [1.807, 2.05) is 0 Å². The Morgan fingerprint density at radius 1 is 1.23 bits per heavy atom. The van der Waals surface area contributed by atoms with Gasteiger partial charge in [0.05, 0.1) is 0 Å². The summed E-state index contributed by atoms with van der Waals surface area (Å²) in [6.45, 7) is 6.92. The Morgan fingerprint density at radius 2 is 1.77 bits per heavy atom. The van der Waals surface area contributed by atoms with Crippen molar-refractivity contribution in [1.29, 1.82) is 0 Å². The minimum atomic E-state index is 0.229. The lowest BCUT2D eigenvalue weighted by atomic mass is 9.72. The Bertz CT molecular complexity index is 185. The molecule has 3 heteroatoms. The van der Waals surface area contributed by atoms with Crippen LogP contribution in [-0.2, 0) is 0 Å². The highest BCUT2D eigenvalue weighted by Gasteiger charge is 2.49. The molecule has 0 aromatic heterocycles. The molecule has 1 aliphatic carbocycles. The summed E-state index contributed by atoms with van der Waals surface area (Å²) in [4.78, 5) is 1.12. The van der Waals surface area contributed by atoms with Crippen LogP contribution >= 0.6 is 47.8 Å². The highest BCUT2D eigenvalue weighted by atomic mass is 79.9. The first-order valence-corrected chi connectivity index (χ1v) is 7.38. The van der Waals surface area contributed by atoms with Gasteiger partial charge in [-0.1, -0.05) is 75.0 Å². The molecule has 78 valence electrons. The van der Waals surface area contributed by atoms with E-state index in [2.05, 4.69) is 68.6 Å². The molecule has 0 aliphatic heterocycles. The van der Waals surface area contributed by atoms with Gasteiger partial charge >= 0.3 is 0 Å². The molecule has 1 fully saturated rings. The van der Waals surface area contributed by atoms with Crippen LogP contribution in [0.2, 0.25) is 0 Å². The number of hydrogen-bond donors (Lipinski definition) is 0. The summed E-state index contributed by atoms with van der Waals surface area (Å²) in [6.07, 6.45) is 3.84. The summed E-state index contributed by atoms with van der Waals surface area (Å²) in [5, 5.41) is 0. The fraction of sp³-hybridized carbons (Fsp3) is 1.00. The molecule has 0 heterocycles. The van der Waals surface area contributed by atoms with Crippen molar-refractivity contribution < 1.29 is 0 Å². The predicted molar refractivity (Wildman–Crippen MR) is 70.4 cm³/mol. The van der Waals surface area contributed by atoms with Crippen LogP contribution in [0.25, 0.3) is 0 Å². The van der Waals surface area contributed by atoms with Crippen molar-refractivity contribution in [1.82, 2.24) is 0 Å². The Balaban J connectivity index is 2.88. The molecule has 1 aliphatic rings. The zero-order valence-corrected chi connectivity index (χ0v) is 13.2. The van der Waals surface area contributed by atoms with E-state index in [9.17, 15) is 0 Å². The minimum Gasteiger partial charge on any atom is -0.0878 e. The number of halogens is 3. The Kier molecular flexibility index (Phi) is 3.97. The monoisotopic (exact) mass is 374 g/mol. The molecule has 0 N–H and O–H groups in total. The van der Waals surface area contributed by atoms with Gasteiger partial charge in [0.1, 0.15) is 0 Å². The molecule has 0 bridgehead atoms. The van der Waals surface area contributed by atoms with Gasteiger partial charge in [-0.25, -0.2) is 0 Å². The molecule has 0 radical (unpaired) electrons. The van der Waals surface area contributed by atoms with Crippen molar-refractivity contribution >= 4 is 47.8 Å². The van der Waals surface area contributed by atoms with E-state index in [-0.39, 0.29) is 4.32 Å². The molecule has 13 heavy (non-hydrogen) atoms. The van der Waals surface area contributed by atoms with Gasteiger partial charge in [0.15, 0.2) is 0 Å². The van der Waals surface area contributed by atoms with Crippen LogP contribution in [0.15, 0.2) is 0 Å². The van der Waals surface area contributed by atoms with Gasteiger partial charge in [-0.2, -0.15) is 0 Å². The molecule has 0 aromatic carbocycles. The molecule has 0 nitrogen and oxygen atoms in total. The number of rotatable bonds is 0. The van der Waals surface area contributed by atoms with Gasteiger partial charge in [-0.3, -0.25) is 0 Å². The molecule has 0 saturated heterocycles. The summed E-state index contributed by atoms with van der Waals surface area (Å²) in [7, 11) is 0. The quantitative estimate of drug-likeness (QED) is 0.529. The van der Waals surface area contributed by atoms with Crippen molar-refractivity contribution in [3.8, 4) is 0 Å². The van der Waals surface area contributed by atoms with E-state index in [1.54, 1.807) is 0 Å². The van der Waals surface area contributed by atoms with Crippen molar-refractivity contribution in [2.45, 2.75) is 54.0 Å². The molecular formula is C10H17Br3. The lowest BCUT2D eigenvalue weighted by Crippen LogP contribution is -2.50. The van der Waals surface area contributed by atoms with Crippen LogP contribution in [0.3, 0.4) is 0 Å². The Labute approximate surface area is 107 Å². The smallest absolute Gasteiger partial charge is 0.0441 e. The average Bonchev–Trinajstić information content (AvgIpc) is 1.98. The predicted octanol–water partition coefficient (Wildman–Crippen LogP) is 4.88. The standard InChI is InChI=1S/C10H17Br3/c1-9(2,3)10(13)6-4-5-7(11)8(10)12/h7-8H,4-6H2,1-3H3. The summed E-state index contributed by atoms with van der Waals surface area (Å²) >= 11 is 11.5. The lowest BCUT2D eigenvalue weighted by Gasteiger charge is -2.48. The molecule has 0 amide bonds. The maximum absolute atomic E-state index is 3.95. The molecule has 3 unspecified atom stereocenters. The summed E-state index contributed by atoms with van der Waals surface area (Å²) < 4.78 is 0.229. The van der Waals surface area contributed by atoms with Crippen molar-refractivity contribution in [3.63, 3.8) is 0 Å². The second-order valence-electron chi connectivity index (χ2n) is 4.92. The SMILES string of the molecule is CC(C)(C)C1(Br)CCCC(Br)C1Br. The fourth-order valence-electron chi connectivity index (χ4n) is 1.91. The highest BCUT2D eigenvalue weighted by Crippen LogP contribution is 2.52. The molecule has 3 atom stereocenters. The molecule has 1 rings (SSSR count). The van der Waals surface area contributed by atoms with Crippen LogP contribution in [-0.4, -0.2) is 14.0 Å². The van der Waals surface area contributed by atoms with E-state index in [0.717, 1.165) is 0 Å². The largest absolute Gasteiger partial charge is 0.0878 e. The summed E-state index contributed by atoms with van der Waals surface area (Å²) in [6, 6.07) is 0. The zero-order chi connectivity index (χ0) is 10.3. The molecule has 0 aromatic rings. The van der Waals surface area contributed by atoms with Crippen molar-refractivity contribution in [2.24, 2.45) is 5.41 Å². The van der Waals surface area contributed by atoms with Gasteiger partial charge < -0.3 is 0 Å². The van der Waals surface area contributed by atoms with Crippen molar-refractivity contribution in [3.05, 3.63) is 0 Å². The Hall–Kier alpha value is 1.44. The number of alkyl halides is 3. The highest BCUT2D eigenvalue weighted by molar-refractivity contribution is 9.14. The van der Waals surface area contributed by atoms with Crippen LogP contribution in [0.5, 0.6) is 0 Å². The van der Waals surface area contributed by atoms with Crippen LogP contribution in [0, 0.1) is 5.41 Å². The average molecular weight is 377 g/mol. The van der Waals surface area contributed by atoms with E-state index in [4.69, 9.17) is 0 Å². The first-order chi connectivity index (χ1) is 5.79. The molecule has 0 spiro atoms. The zero-order valence-electron chi connectivity index (χ0n) is 8.41. The fourth-order valence-corrected chi connectivity index (χ4v) is 4.82. The maximum Gasteiger partial charge on any atom is 0.0441 e. The third-order valence-corrected chi connectivity index (χ3v) is 8.83. The maximum atomic E-state index is 3.95. The summed E-state index contributed by atoms with van der Waals surface area (Å²) in [5.74, 6) is 0. The molecule has 1 saturated carbocycles. The first-order valence-electron chi connectivity index (χ1n) is 4.76. The van der Waals surface area contributed by atoms with Gasteiger partial charge in [0.25, 0.3) is 0 Å². The topological polar surface area (TPSA) is 0 Å². The number of hydrogen-bond acceptors (Lipinski definition) is 0.